The van der Waals surface area contributed by atoms with E-state index < -0.39 is 18.0 Å². The van der Waals surface area contributed by atoms with Gasteiger partial charge in [0.25, 0.3) is 0 Å². The number of hydrogen-bond acceptors (Lipinski definition) is 4. The Bertz CT molecular complexity index is 294. The lowest BCUT2D eigenvalue weighted by atomic mass is 10.4. The first-order valence-electron chi connectivity index (χ1n) is 3.74. The third kappa shape index (κ3) is 11.9. The van der Waals surface area contributed by atoms with Crippen LogP contribution in [0.3, 0.4) is 0 Å². The van der Waals surface area contributed by atoms with Crippen molar-refractivity contribution >= 4 is 18.0 Å². The van der Waals surface area contributed by atoms with Gasteiger partial charge in [-0.2, -0.15) is 0 Å². The normalized spacial score (nSPS) is 7.87. The number of carboxylic acid groups (broad SMARTS) is 1. The molecule has 0 fully saturated rings. The van der Waals surface area contributed by atoms with Crippen LogP contribution in [0.25, 0.3) is 0 Å². The molecular weight excluding hydrogens is 202 g/mol. The maximum atomic E-state index is 10.3. The first-order valence-corrected chi connectivity index (χ1v) is 3.74. The summed E-state index contributed by atoms with van der Waals surface area (Å²) in [7, 11) is 0. The fraction of sp³-hybridized carbons (Fsp3) is 0.222. The smallest absolute Gasteiger partial charge is 0.412 e. The summed E-state index contributed by atoms with van der Waals surface area (Å²) in [4.78, 5) is 29.8. The first-order chi connectivity index (χ1) is 6.68. The molecule has 1 amide bonds. The second-order valence-corrected chi connectivity index (χ2v) is 2.57. The molecule has 0 aromatic heterocycles. The minimum absolute atomic E-state index is 0.147. The van der Waals surface area contributed by atoms with Gasteiger partial charge < -0.3 is 15.6 Å². The summed E-state index contributed by atoms with van der Waals surface area (Å²) in [6.45, 7) is 9.25. The molecule has 0 atom stereocenters. The van der Waals surface area contributed by atoms with Crippen LogP contribution in [-0.2, 0) is 14.3 Å². The van der Waals surface area contributed by atoms with Crippen LogP contribution in [0.15, 0.2) is 24.3 Å². The summed E-state index contributed by atoms with van der Waals surface area (Å²) in [5.74, 6) is -1.72. The van der Waals surface area contributed by atoms with E-state index in [4.69, 9.17) is 5.11 Å². The van der Waals surface area contributed by atoms with Crippen molar-refractivity contribution in [3.05, 3.63) is 24.3 Å². The monoisotopic (exact) mass is 215 g/mol. The van der Waals surface area contributed by atoms with E-state index in [9.17, 15) is 14.4 Å². The Balaban J connectivity index is 0. The van der Waals surface area contributed by atoms with E-state index in [1.165, 1.54) is 13.8 Å². The lowest BCUT2D eigenvalue weighted by Gasteiger charge is -1.94. The maximum absolute atomic E-state index is 10.3. The number of ether oxygens (including phenoxy) is 1. The Kier molecular flexibility index (Phi) is 7.49. The lowest BCUT2D eigenvalue weighted by molar-refractivity contribution is -0.133. The van der Waals surface area contributed by atoms with Gasteiger partial charge in [0.05, 0.1) is 0 Å². The second kappa shape index (κ2) is 7.31. The molecule has 0 aromatic carbocycles. The Labute approximate surface area is 87.0 Å². The van der Waals surface area contributed by atoms with Gasteiger partial charge in [0.1, 0.15) is 0 Å². The van der Waals surface area contributed by atoms with Crippen LogP contribution >= 0.6 is 0 Å². The van der Waals surface area contributed by atoms with E-state index >= 15 is 0 Å². The molecule has 6 nitrogen and oxygen atoms in total. The van der Waals surface area contributed by atoms with Gasteiger partial charge in [-0.05, 0) is 13.8 Å². The molecule has 3 N–H and O–H groups in total. The molecule has 0 rings (SSSR count). The summed E-state index contributed by atoms with van der Waals surface area (Å²) < 4.78 is 3.91. The van der Waals surface area contributed by atoms with Crippen molar-refractivity contribution in [2.24, 2.45) is 5.73 Å². The molecule has 15 heavy (non-hydrogen) atoms. The van der Waals surface area contributed by atoms with Crippen LogP contribution in [0.5, 0.6) is 0 Å². The third-order valence-corrected chi connectivity index (χ3v) is 0.907. The molecule has 0 aliphatic rings. The summed E-state index contributed by atoms with van der Waals surface area (Å²) in [5.41, 5.74) is 4.83. The molecule has 84 valence electrons. The number of carboxylic acids is 1. The van der Waals surface area contributed by atoms with Crippen LogP contribution < -0.4 is 5.73 Å². The summed E-state index contributed by atoms with van der Waals surface area (Å²) >= 11 is 0. The topological polar surface area (TPSA) is 107 Å². The number of rotatable bonds is 2. The fourth-order valence-electron chi connectivity index (χ4n) is 0.178. The molecule has 0 spiro atoms. The summed E-state index contributed by atoms with van der Waals surface area (Å²) in [6.07, 6.45) is -1.11. The second-order valence-electron chi connectivity index (χ2n) is 2.57. The van der Waals surface area contributed by atoms with Gasteiger partial charge in [-0.25, -0.2) is 14.4 Å². The van der Waals surface area contributed by atoms with Gasteiger partial charge in [0.15, 0.2) is 0 Å². The third-order valence-electron chi connectivity index (χ3n) is 0.907. The average Bonchev–Trinajstić information content (AvgIpc) is 2.03. The number of nitrogens with two attached hydrogens (primary N) is 1. The number of esters is 1. The van der Waals surface area contributed by atoms with E-state index in [1.807, 2.05) is 0 Å². The largest absolute Gasteiger partial charge is 0.478 e. The molecule has 0 aliphatic heterocycles. The van der Waals surface area contributed by atoms with Gasteiger partial charge in [-0.1, -0.05) is 13.2 Å². The van der Waals surface area contributed by atoms with E-state index in [1.54, 1.807) is 0 Å². The van der Waals surface area contributed by atoms with Crippen molar-refractivity contribution in [1.82, 2.24) is 0 Å². The molecule has 0 unspecified atom stereocenters. The van der Waals surface area contributed by atoms with Crippen LogP contribution in [0.4, 0.5) is 4.79 Å². The predicted molar refractivity (Wildman–Crippen MR) is 52.9 cm³/mol. The highest BCUT2D eigenvalue weighted by atomic mass is 16.6. The molecule has 0 heterocycles. The molecule has 0 saturated heterocycles. The Hall–Kier alpha value is -2.11. The zero-order valence-corrected chi connectivity index (χ0v) is 8.57. The Morgan fingerprint density at radius 2 is 1.47 bits per heavy atom. The zero-order valence-electron chi connectivity index (χ0n) is 8.57. The SMILES string of the molecule is C=C(C)C(=O)O.C=C(C)C(=O)OC(N)=O. The van der Waals surface area contributed by atoms with E-state index in [2.05, 4.69) is 23.6 Å². The van der Waals surface area contributed by atoms with Crippen molar-refractivity contribution in [2.75, 3.05) is 0 Å². The number of carbonyl (C=O) groups is 3. The molecule has 0 radical (unpaired) electrons. The molecule has 0 aromatic rings. The van der Waals surface area contributed by atoms with E-state index in [-0.39, 0.29) is 11.1 Å². The van der Waals surface area contributed by atoms with Gasteiger partial charge in [0, 0.05) is 11.1 Å². The number of hydrogen-bond donors (Lipinski definition) is 2. The number of primary amides is 1. The fourth-order valence-corrected chi connectivity index (χ4v) is 0.178. The highest BCUT2D eigenvalue weighted by Crippen LogP contribution is 1.90. The molecule has 0 aliphatic carbocycles. The van der Waals surface area contributed by atoms with Crippen molar-refractivity contribution in [3.63, 3.8) is 0 Å². The average molecular weight is 215 g/mol. The molecule has 6 heteroatoms. The molecule has 0 bridgehead atoms. The number of carbonyl (C=O) groups excluding carboxylic acids is 2. The minimum Gasteiger partial charge on any atom is -0.478 e. The summed E-state index contributed by atoms with van der Waals surface area (Å²) in [6, 6.07) is 0. The molecule has 0 saturated carbocycles. The number of amides is 1. The van der Waals surface area contributed by atoms with E-state index in [0.717, 1.165) is 0 Å². The van der Waals surface area contributed by atoms with Crippen molar-refractivity contribution < 1.29 is 24.2 Å². The zero-order chi connectivity index (χ0) is 12.6. The van der Waals surface area contributed by atoms with Crippen LogP contribution in [0.2, 0.25) is 0 Å². The van der Waals surface area contributed by atoms with Gasteiger partial charge in [-0.3, -0.25) is 0 Å². The number of aliphatic carboxylic acids is 1. The first kappa shape index (κ1) is 15.4. The van der Waals surface area contributed by atoms with Crippen molar-refractivity contribution in [1.29, 1.82) is 0 Å². The van der Waals surface area contributed by atoms with Gasteiger partial charge in [0.2, 0.25) is 0 Å². The van der Waals surface area contributed by atoms with Crippen molar-refractivity contribution in [2.45, 2.75) is 13.8 Å². The highest BCUT2D eigenvalue weighted by Gasteiger charge is 2.05. The van der Waals surface area contributed by atoms with Crippen LogP contribution in [-0.4, -0.2) is 23.1 Å². The van der Waals surface area contributed by atoms with Gasteiger partial charge in [-0.15, -0.1) is 0 Å². The maximum Gasteiger partial charge on any atom is 0.412 e. The standard InChI is InChI=1S/C5H7NO3.C4H6O2/c1-3(2)4(7)9-5(6)8;1-3(2)4(5)6/h1H2,2H3,(H2,6,8);1H2,2H3,(H,5,6). The minimum atomic E-state index is -1.11. The van der Waals surface area contributed by atoms with Crippen molar-refractivity contribution in [3.8, 4) is 0 Å². The lowest BCUT2D eigenvalue weighted by Crippen LogP contribution is -2.18. The highest BCUT2D eigenvalue weighted by molar-refractivity contribution is 5.94. The molecular formula is C9H13NO5. The van der Waals surface area contributed by atoms with Gasteiger partial charge >= 0.3 is 18.0 Å². The van der Waals surface area contributed by atoms with Crippen LogP contribution in [0, 0.1) is 0 Å². The summed E-state index contributed by atoms with van der Waals surface area (Å²) in [5, 5.41) is 7.89. The van der Waals surface area contributed by atoms with E-state index in [0.29, 0.717) is 0 Å². The Morgan fingerprint density at radius 3 is 1.53 bits per heavy atom. The van der Waals surface area contributed by atoms with Crippen LogP contribution in [0.1, 0.15) is 13.8 Å². The Morgan fingerprint density at radius 1 is 1.13 bits per heavy atom. The quantitative estimate of drug-likeness (QED) is 0.403. The predicted octanol–water partition coefficient (Wildman–Crippen LogP) is 0.831.